The summed E-state index contributed by atoms with van der Waals surface area (Å²) < 4.78 is 0. The highest BCUT2D eigenvalue weighted by Gasteiger charge is 2.07. The number of amides is 2. The van der Waals surface area contributed by atoms with Gasteiger partial charge in [-0.25, -0.2) is 9.78 Å². The number of anilines is 1. The second-order valence-corrected chi connectivity index (χ2v) is 6.89. The normalized spacial score (nSPS) is 12.0. The lowest BCUT2D eigenvalue weighted by molar-refractivity contribution is 0.252. The van der Waals surface area contributed by atoms with Crippen molar-refractivity contribution in [3.63, 3.8) is 0 Å². The first-order chi connectivity index (χ1) is 11.1. The summed E-state index contributed by atoms with van der Waals surface area (Å²) >= 11 is 1.85. The summed E-state index contributed by atoms with van der Waals surface area (Å²) in [5, 5.41) is 12.8. The van der Waals surface area contributed by atoms with Crippen LogP contribution in [0.1, 0.15) is 31.7 Å². The lowest BCUT2D eigenvalue weighted by Crippen LogP contribution is -2.30. The van der Waals surface area contributed by atoms with Gasteiger partial charge in [0.05, 0.1) is 0 Å². The second-order valence-electron chi connectivity index (χ2n) is 5.38. The molecule has 23 heavy (non-hydrogen) atoms. The number of benzene rings is 1. The van der Waals surface area contributed by atoms with Crippen LogP contribution in [0.15, 0.2) is 29.4 Å². The number of urea groups is 1. The summed E-state index contributed by atoms with van der Waals surface area (Å²) in [4.78, 5) is 17.2. The summed E-state index contributed by atoms with van der Waals surface area (Å²) in [6.07, 6.45) is 3.21. The Bertz CT molecular complexity index is 629. The van der Waals surface area contributed by atoms with Gasteiger partial charge in [0.25, 0.3) is 0 Å². The Kier molecular flexibility index (Phi) is 6.46. The fourth-order valence-corrected chi connectivity index (χ4v) is 3.00. The molecule has 0 radical (unpaired) electrons. The van der Waals surface area contributed by atoms with Crippen molar-refractivity contribution in [3.05, 3.63) is 35.9 Å². The highest BCUT2D eigenvalue weighted by molar-refractivity contribution is 7.99. The second kappa shape index (κ2) is 8.57. The number of nitrogens with zero attached hydrogens (tertiary/aromatic N) is 2. The van der Waals surface area contributed by atoms with Crippen molar-refractivity contribution < 1.29 is 4.79 Å². The van der Waals surface area contributed by atoms with E-state index in [0.717, 1.165) is 23.5 Å². The minimum absolute atomic E-state index is 0.213. The van der Waals surface area contributed by atoms with Gasteiger partial charge in [0.15, 0.2) is 0 Å². The number of carbonyl (C=O) groups excluding carboxylic acids is 1. The maximum Gasteiger partial charge on any atom is 0.319 e. The number of carbonyl (C=O) groups is 1. The number of H-pyrrole nitrogens is 1. The first-order valence-electron chi connectivity index (χ1n) is 7.75. The summed E-state index contributed by atoms with van der Waals surface area (Å²) in [6.45, 7) is 6.91. The molecule has 2 amide bonds. The molecule has 0 aliphatic carbocycles. The van der Waals surface area contributed by atoms with E-state index < -0.39 is 0 Å². The third-order valence-electron chi connectivity index (χ3n) is 3.47. The molecule has 1 aromatic heterocycles. The molecular formula is C16H23N5OS. The molecule has 6 nitrogen and oxygen atoms in total. The molecule has 3 N–H and O–H groups in total. The first kappa shape index (κ1) is 17.3. The van der Waals surface area contributed by atoms with Crippen LogP contribution in [0.3, 0.4) is 0 Å². The van der Waals surface area contributed by atoms with Gasteiger partial charge >= 0.3 is 6.03 Å². The summed E-state index contributed by atoms with van der Waals surface area (Å²) in [6, 6.07) is 5.90. The van der Waals surface area contributed by atoms with Gasteiger partial charge in [-0.05, 0) is 37.1 Å². The molecule has 0 saturated heterocycles. The van der Waals surface area contributed by atoms with E-state index in [-0.39, 0.29) is 6.03 Å². The lowest BCUT2D eigenvalue weighted by Gasteiger charge is -2.13. The molecule has 2 aromatic rings. The van der Waals surface area contributed by atoms with Gasteiger partial charge in [-0.3, -0.25) is 5.10 Å². The number of aromatic amines is 1. The van der Waals surface area contributed by atoms with Crippen LogP contribution in [0.25, 0.3) is 0 Å². The van der Waals surface area contributed by atoms with E-state index >= 15 is 0 Å². The van der Waals surface area contributed by atoms with Crippen LogP contribution in [0, 0.1) is 6.92 Å². The molecule has 1 heterocycles. The number of nitrogens with one attached hydrogen (secondary N) is 3. The van der Waals surface area contributed by atoms with Crippen LogP contribution in [-0.2, 0) is 6.42 Å². The number of aryl methyl sites for hydroxylation is 1. The van der Waals surface area contributed by atoms with E-state index in [1.807, 2.05) is 30.8 Å². The largest absolute Gasteiger partial charge is 0.337 e. The average Bonchev–Trinajstić information content (AvgIpc) is 3.03. The van der Waals surface area contributed by atoms with Gasteiger partial charge in [0, 0.05) is 28.8 Å². The molecule has 0 saturated carbocycles. The van der Waals surface area contributed by atoms with E-state index in [9.17, 15) is 4.79 Å². The molecule has 0 fully saturated rings. The third-order valence-corrected chi connectivity index (χ3v) is 4.73. The predicted octanol–water partition coefficient (Wildman–Crippen LogP) is 3.37. The summed E-state index contributed by atoms with van der Waals surface area (Å²) in [7, 11) is 0. The molecule has 2 rings (SSSR count). The summed E-state index contributed by atoms with van der Waals surface area (Å²) in [5.74, 6) is 0.757. The van der Waals surface area contributed by atoms with Crippen molar-refractivity contribution in [3.8, 4) is 0 Å². The van der Waals surface area contributed by atoms with Crippen molar-refractivity contribution >= 4 is 23.5 Å². The van der Waals surface area contributed by atoms with Crippen molar-refractivity contribution in [2.45, 2.75) is 43.8 Å². The van der Waals surface area contributed by atoms with E-state index in [1.165, 1.54) is 11.2 Å². The van der Waals surface area contributed by atoms with E-state index in [4.69, 9.17) is 0 Å². The Morgan fingerprint density at radius 2 is 2.26 bits per heavy atom. The lowest BCUT2D eigenvalue weighted by atomic mass is 10.2. The van der Waals surface area contributed by atoms with E-state index in [0.29, 0.717) is 18.2 Å². The van der Waals surface area contributed by atoms with Gasteiger partial charge in [-0.1, -0.05) is 13.8 Å². The van der Waals surface area contributed by atoms with E-state index in [2.05, 4.69) is 45.7 Å². The van der Waals surface area contributed by atoms with Crippen LogP contribution in [0.2, 0.25) is 0 Å². The molecular weight excluding hydrogens is 310 g/mol. The van der Waals surface area contributed by atoms with Crippen LogP contribution in [0.4, 0.5) is 10.5 Å². The Hall–Kier alpha value is -2.02. The molecule has 1 aromatic carbocycles. The van der Waals surface area contributed by atoms with Crippen molar-refractivity contribution in [2.75, 3.05) is 11.9 Å². The van der Waals surface area contributed by atoms with E-state index in [1.54, 1.807) is 0 Å². The zero-order valence-corrected chi connectivity index (χ0v) is 14.5. The maximum atomic E-state index is 11.9. The molecule has 0 aliphatic heterocycles. The highest BCUT2D eigenvalue weighted by Crippen LogP contribution is 2.28. The van der Waals surface area contributed by atoms with Crippen LogP contribution in [-0.4, -0.2) is 33.0 Å². The van der Waals surface area contributed by atoms with Gasteiger partial charge in [0.2, 0.25) is 0 Å². The molecule has 0 spiro atoms. The van der Waals surface area contributed by atoms with Gasteiger partial charge in [-0.15, -0.1) is 11.8 Å². The molecule has 0 unspecified atom stereocenters. The Morgan fingerprint density at radius 1 is 1.43 bits per heavy atom. The molecule has 0 aliphatic rings. The van der Waals surface area contributed by atoms with Crippen molar-refractivity contribution in [2.24, 2.45) is 0 Å². The fraction of sp³-hybridized carbons (Fsp3) is 0.438. The van der Waals surface area contributed by atoms with Gasteiger partial charge in [0.1, 0.15) is 12.2 Å². The minimum Gasteiger partial charge on any atom is -0.337 e. The van der Waals surface area contributed by atoms with Crippen LogP contribution >= 0.6 is 11.8 Å². The van der Waals surface area contributed by atoms with Crippen LogP contribution in [0.5, 0.6) is 0 Å². The molecule has 0 bridgehead atoms. The Labute approximate surface area is 140 Å². The third kappa shape index (κ3) is 5.59. The Morgan fingerprint density at radius 3 is 2.91 bits per heavy atom. The number of hydrogen-bond acceptors (Lipinski definition) is 4. The Balaban J connectivity index is 1.83. The van der Waals surface area contributed by atoms with Gasteiger partial charge in [-0.2, -0.15) is 5.10 Å². The van der Waals surface area contributed by atoms with Crippen LogP contribution < -0.4 is 10.6 Å². The quantitative estimate of drug-likeness (QED) is 0.678. The monoisotopic (exact) mass is 333 g/mol. The smallest absolute Gasteiger partial charge is 0.319 e. The van der Waals surface area contributed by atoms with Crippen molar-refractivity contribution in [1.29, 1.82) is 0 Å². The fourth-order valence-electron chi connectivity index (χ4n) is 1.98. The topological polar surface area (TPSA) is 82.7 Å². The zero-order valence-electron chi connectivity index (χ0n) is 13.7. The summed E-state index contributed by atoms with van der Waals surface area (Å²) in [5.41, 5.74) is 1.89. The molecule has 1 atom stereocenters. The molecule has 7 heteroatoms. The number of thioether (sulfide) groups is 1. The highest BCUT2D eigenvalue weighted by atomic mass is 32.2. The van der Waals surface area contributed by atoms with Crippen molar-refractivity contribution in [1.82, 2.24) is 20.5 Å². The maximum absolute atomic E-state index is 11.9. The first-order valence-corrected chi connectivity index (χ1v) is 8.63. The zero-order chi connectivity index (χ0) is 16.7. The number of rotatable bonds is 7. The average molecular weight is 333 g/mol. The van der Waals surface area contributed by atoms with Gasteiger partial charge < -0.3 is 10.6 Å². The minimum atomic E-state index is -0.213. The predicted molar refractivity (Wildman–Crippen MR) is 93.9 cm³/mol. The molecule has 124 valence electrons. The number of aromatic nitrogens is 3. The standard InChI is InChI=1S/C16H23N5OS/c1-4-12(3)23-13-5-6-14(11(2)9-13)20-16(22)17-8-7-15-18-10-19-21-15/h5-6,9-10,12H,4,7-8H2,1-3H3,(H2,17,20,22)(H,18,19,21)/t12-/m1/s1. The number of hydrogen-bond donors (Lipinski definition) is 3. The SMILES string of the molecule is CC[C@@H](C)Sc1ccc(NC(=O)NCCc2ncn[nH]2)c(C)c1.